The molecule has 0 rings (SSSR count). The van der Waals surface area contributed by atoms with E-state index >= 15 is 0 Å². The van der Waals surface area contributed by atoms with Crippen LogP contribution in [0.25, 0.3) is 0 Å². The maximum absolute atomic E-state index is 9.81. The van der Waals surface area contributed by atoms with Crippen LogP contribution in [-0.2, 0) is 0 Å². The van der Waals surface area contributed by atoms with E-state index in [0.717, 1.165) is 25.2 Å². The van der Waals surface area contributed by atoms with Gasteiger partial charge in [-0.15, -0.1) is 0 Å². The van der Waals surface area contributed by atoms with Crippen LogP contribution in [0.4, 0.5) is 0 Å². The van der Waals surface area contributed by atoms with Crippen LogP contribution in [-0.4, -0.2) is 11.2 Å². The number of aliphatic hydroxyl groups excluding tert-OH is 1. The van der Waals surface area contributed by atoms with Gasteiger partial charge in [0.25, 0.3) is 0 Å². The second kappa shape index (κ2) is 8.11. The number of rotatable bonds is 8. The maximum atomic E-state index is 9.81. The lowest BCUT2D eigenvalue weighted by molar-refractivity contribution is 0.142. The van der Waals surface area contributed by atoms with Crippen molar-refractivity contribution in [1.29, 1.82) is 0 Å². The van der Waals surface area contributed by atoms with E-state index < -0.39 is 0 Å². The van der Waals surface area contributed by atoms with Gasteiger partial charge in [-0.1, -0.05) is 60.3 Å². The van der Waals surface area contributed by atoms with Crippen molar-refractivity contribution in [3.8, 4) is 0 Å². The third kappa shape index (κ3) is 12.0. The number of hydrogen-bond acceptors (Lipinski definition) is 1. The number of hydrogen-bond donors (Lipinski definition) is 1. The van der Waals surface area contributed by atoms with E-state index in [4.69, 9.17) is 0 Å². The molecule has 0 saturated heterocycles. The summed E-state index contributed by atoms with van der Waals surface area (Å²) in [7, 11) is 0. The standard InChI is InChI=1S/C15H32O/c1-13(2)9-6-7-10-14(16)11-8-12-15(3,4)5/h13-14,16H,6-12H2,1-5H3/t14-/m0/s1. The monoisotopic (exact) mass is 228 g/mol. The Labute approximate surface area is 103 Å². The Kier molecular flexibility index (Phi) is 8.09. The molecular formula is C15H32O. The average Bonchev–Trinajstić information content (AvgIpc) is 2.10. The molecule has 0 aromatic heterocycles. The zero-order chi connectivity index (χ0) is 12.6. The van der Waals surface area contributed by atoms with Crippen molar-refractivity contribution in [3.05, 3.63) is 0 Å². The third-order valence-electron chi connectivity index (χ3n) is 3.03. The Morgan fingerprint density at radius 2 is 1.38 bits per heavy atom. The molecule has 0 heterocycles. The molecule has 0 aromatic rings. The summed E-state index contributed by atoms with van der Waals surface area (Å²) in [5.41, 5.74) is 0.414. The summed E-state index contributed by atoms with van der Waals surface area (Å²) in [6, 6.07) is 0. The quantitative estimate of drug-likeness (QED) is 0.593. The predicted molar refractivity (Wildman–Crippen MR) is 72.6 cm³/mol. The van der Waals surface area contributed by atoms with Gasteiger partial charge in [0.05, 0.1) is 6.10 Å². The highest BCUT2D eigenvalue weighted by molar-refractivity contribution is 4.64. The van der Waals surface area contributed by atoms with Crippen molar-refractivity contribution in [1.82, 2.24) is 0 Å². The first kappa shape index (κ1) is 16.0. The Bertz CT molecular complexity index is 155. The van der Waals surface area contributed by atoms with Gasteiger partial charge in [-0.05, 0) is 30.6 Å². The molecule has 0 amide bonds. The van der Waals surface area contributed by atoms with E-state index in [0.29, 0.717) is 5.41 Å². The zero-order valence-corrected chi connectivity index (χ0v) is 12.1. The van der Waals surface area contributed by atoms with Crippen LogP contribution < -0.4 is 0 Å². The molecule has 0 spiro atoms. The molecule has 0 saturated carbocycles. The van der Waals surface area contributed by atoms with Crippen LogP contribution in [0.15, 0.2) is 0 Å². The lowest BCUT2D eigenvalue weighted by atomic mass is 9.89. The molecule has 0 aliphatic carbocycles. The van der Waals surface area contributed by atoms with Crippen LogP contribution in [0.3, 0.4) is 0 Å². The maximum Gasteiger partial charge on any atom is 0.0540 e. The average molecular weight is 228 g/mol. The van der Waals surface area contributed by atoms with Crippen LogP contribution >= 0.6 is 0 Å². The molecule has 1 heteroatoms. The van der Waals surface area contributed by atoms with Gasteiger partial charge in [-0.2, -0.15) is 0 Å². The minimum atomic E-state index is -0.0606. The Balaban J connectivity index is 3.35. The first-order valence-electron chi connectivity index (χ1n) is 6.99. The van der Waals surface area contributed by atoms with Crippen molar-refractivity contribution >= 4 is 0 Å². The minimum absolute atomic E-state index is 0.0606. The second-order valence-electron chi connectivity index (χ2n) is 6.79. The second-order valence-corrected chi connectivity index (χ2v) is 6.79. The van der Waals surface area contributed by atoms with Gasteiger partial charge in [0.1, 0.15) is 0 Å². The topological polar surface area (TPSA) is 20.2 Å². The van der Waals surface area contributed by atoms with Crippen LogP contribution in [0.1, 0.15) is 79.6 Å². The van der Waals surface area contributed by atoms with Gasteiger partial charge in [-0.3, -0.25) is 0 Å². The largest absolute Gasteiger partial charge is 0.393 e. The van der Waals surface area contributed by atoms with Crippen LogP contribution in [0.2, 0.25) is 0 Å². The van der Waals surface area contributed by atoms with Gasteiger partial charge in [0.2, 0.25) is 0 Å². The molecule has 0 aliphatic rings. The molecule has 16 heavy (non-hydrogen) atoms. The molecule has 1 N–H and O–H groups in total. The first-order valence-corrected chi connectivity index (χ1v) is 6.99. The molecule has 0 bridgehead atoms. The van der Waals surface area contributed by atoms with E-state index in [9.17, 15) is 5.11 Å². The van der Waals surface area contributed by atoms with Gasteiger partial charge < -0.3 is 5.11 Å². The number of unbranched alkanes of at least 4 members (excludes halogenated alkanes) is 1. The molecule has 1 atom stereocenters. The fourth-order valence-electron chi connectivity index (χ4n) is 1.94. The summed E-state index contributed by atoms with van der Waals surface area (Å²) >= 11 is 0. The summed E-state index contributed by atoms with van der Waals surface area (Å²) in [6.45, 7) is 11.3. The minimum Gasteiger partial charge on any atom is -0.393 e. The molecule has 0 unspecified atom stereocenters. The van der Waals surface area contributed by atoms with Crippen molar-refractivity contribution in [2.45, 2.75) is 85.7 Å². The SMILES string of the molecule is CC(C)CCCC[C@H](O)CCCC(C)(C)C. The molecular weight excluding hydrogens is 196 g/mol. The van der Waals surface area contributed by atoms with Crippen LogP contribution in [0.5, 0.6) is 0 Å². The van der Waals surface area contributed by atoms with E-state index in [2.05, 4.69) is 34.6 Å². The summed E-state index contributed by atoms with van der Waals surface area (Å²) in [6.07, 6.45) is 8.06. The lowest BCUT2D eigenvalue weighted by Crippen LogP contribution is -2.10. The zero-order valence-electron chi connectivity index (χ0n) is 12.1. The van der Waals surface area contributed by atoms with Crippen molar-refractivity contribution in [2.75, 3.05) is 0 Å². The number of aliphatic hydroxyl groups is 1. The predicted octanol–water partition coefficient (Wildman–Crippen LogP) is 4.78. The first-order chi connectivity index (χ1) is 7.31. The highest BCUT2D eigenvalue weighted by Crippen LogP contribution is 2.23. The smallest absolute Gasteiger partial charge is 0.0540 e. The molecule has 1 nitrogen and oxygen atoms in total. The van der Waals surface area contributed by atoms with Gasteiger partial charge >= 0.3 is 0 Å². The van der Waals surface area contributed by atoms with Crippen LogP contribution in [0, 0.1) is 11.3 Å². The molecule has 98 valence electrons. The summed E-state index contributed by atoms with van der Waals surface area (Å²) in [4.78, 5) is 0. The normalized spacial score (nSPS) is 14.4. The van der Waals surface area contributed by atoms with E-state index in [1.807, 2.05) is 0 Å². The summed E-state index contributed by atoms with van der Waals surface area (Å²) in [5, 5.41) is 9.81. The van der Waals surface area contributed by atoms with Crippen molar-refractivity contribution in [2.24, 2.45) is 11.3 Å². The van der Waals surface area contributed by atoms with Crippen molar-refractivity contribution < 1.29 is 5.11 Å². The Hall–Kier alpha value is -0.0400. The third-order valence-corrected chi connectivity index (χ3v) is 3.03. The van der Waals surface area contributed by atoms with E-state index in [1.54, 1.807) is 0 Å². The molecule has 0 radical (unpaired) electrons. The van der Waals surface area contributed by atoms with Gasteiger partial charge in [-0.25, -0.2) is 0 Å². The molecule has 0 aliphatic heterocycles. The van der Waals surface area contributed by atoms with Gasteiger partial charge in [0.15, 0.2) is 0 Å². The highest BCUT2D eigenvalue weighted by Gasteiger charge is 2.11. The van der Waals surface area contributed by atoms with E-state index in [-0.39, 0.29) is 6.10 Å². The highest BCUT2D eigenvalue weighted by atomic mass is 16.3. The Morgan fingerprint density at radius 1 is 0.875 bits per heavy atom. The van der Waals surface area contributed by atoms with Crippen molar-refractivity contribution in [3.63, 3.8) is 0 Å². The fourth-order valence-corrected chi connectivity index (χ4v) is 1.94. The summed E-state index contributed by atoms with van der Waals surface area (Å²) < 4.78 is 0. The molecule has 0 fully saturated rings. The van der Waals surface area contributed by atoms with Gasteiger partial charge in [0, 0.05) is 0 Å². The summed E-state index contributed by atoms with van der Waals surface area (Å²) in [5.74, 6) is 0.804. The lowest BCUT2D eigenvalue weighted by Gasteiger charge is -2.19. The molecule has 0 aromatic carbocycles. The van der Waals surface area contributed by atoms with E-state index in [1.165, 1.54) is 25.7 Å². The Morgan fingerprint density at radius 3 is 1.88 bits per heavy atom. The fraction of sp³-hybridized carbons (Fsp3) is 1.00.